The van der Waals surface area contributed by atoms with E-state index in [1.807, 2.05) is 30.3 Å². The molecule has 2 aromatic carbocycles. The number of amides is 1. The number of hydrogen-bond donors (Lipinski definition) is 1. The summed E-state index contributed by atoms with van der Waals surface area (Å²) in [5.74, 6) is -0.175. The van der Waals surface area contributed by atoms with Crippen molar-refractivity contribution in [1.82, 2.24) is 14.1 Å². The molecule has 3 rings (SSSR count). The molecule has 0 radical (unpaired) electrons. The number of carbonyl (C=O) groups excluding carboxylic acids is 1. The Labute approximate surface area is 181 Å². The minimum absolute atomic E-state index is 0.0235. The summed E-state index contributed by atoms with van der Waals surface area (Å²) in [5.41, 5.74) is 1.15. The number of rotatable bonds is 8. The van der Waals surface area contributed by atoms with Gasteiger partial charge in [-0.25, -0.2) is 8.42 Å². The van der Waals surface area contributed by atoms with Gasteiger partial charge in [0.2, 0.25) is 10.0 Å². The number of carbonyl (C=O) groups is 1. The topological polar surface area (TPSA) is 84.3 Å². The van der Waals surface area contributed by atoms with Crippen molar-refractivity contribution in [2.75, 3.05) is 18.4 Å². The SMILES string of the molecule is CCN(CC)S(=O)(=O)c1ccc(Cl)c(C(=O)Nc2ccn(Cc3ccccc3)n2)c1. The lowest BCUT2D eigenvalue weighted by molar-refractivity contribution is 0.102. The molecule has 0 aliphatic rings. The fourth-order valence-electron chi connectivity index (χ4n) is 3.02. The molecule has 0 aliphatic carbocycles. The summed E-state index contributed by atoms with van der Waals surface area (Å²) >= 11 is 6.17. The molecule has 0 unspecified atom stereocenters. The Morgan fingerprint density at radius 1 is 1.10 bits per heavy atom. The van der Waals surface area contributed by atoms with E-state index in [1.54, 1.807) is 30.8 Å². The zero-order chi connectivity index (χ0) is 21.7. The number of sulfonamides is 1. The summed E-state index contributed by atoms with van der Waals surface area (Å²) in [6.07, 6.45) is 1.76. The Balaban J connectivity index is 1.79. The van der Waals surface area contributed by atoms with E-state index < -0.39 is 15.9 Å². The van der Waals surface area contributed by atoms with Gasteiger partial charge >= 0.3 is 0 Å². The third-order valence-electron chi connectivity index (χ3n) is 4.60. The molecule has 0 fully saturated rings. The Kier molecular flexibility index (Phi) is 6.91. The van der Waals surface area contributed by atoms with E-state index in [4.69, 9.17) is 11.6 Å². The number of nitrogens with zero attached hydrogens (tertiary/aromatic N) is 3. The fourth-order valence-corrected chi connectivity index (χ4v) is 4.71. The van der Waals surface area contributed by atoms with Crippen LogP contribution in [0.3, 0.4) is 0 Å². The number of nitrogens with one attached hydrogen (secondary N) is 1. The van der Waals surface area contributed by atoms with Crippen molar-refractivity contribution >= 4 is 33.3 Å². The average Bonchev–Trinajstić information content (AvgIpc) is 3.16. The van der Waals surface area contributed by atoms with Gasteiger partial charge in [-0.3, -0.25) is 9.48 Å². The van der Waals surface area contributed by atoms with E-state index in [0.717, 1.165) is 5.56 Å². The molecule has 0 bridgehead atoms. The van der Waals surface area contributed by atoms with Gasteiger partial charge in [0.1, 0.15) is 0 Å². The van der Waals surface area contributed by atoms with Gasteiger partial charge in [0, 0.05) is 25.4 Å². The summed E-state index contributed by atoms with van der Waals surface area (Å²) < 4.78 is 28.5. The van der Waals surface area contributed by atoms with Crippen LogP contribution in [0.1, 0.15) is 29.8 Å². The summed E-state index contributed by atoms with van der Waals surface area (Å²) in [7, 11) is -3.70. The molecular weight excluding hydrogens is 424 g/mol. The predicted molar refractivity (Wildman–Crippen MR) is 117 cm³/mol. The fraction of sp³-hybridized carbons (Fsp3) is 0.238. The zero-order valence-corrected chi connectivity index (χ0v) is 18.3. The van der Waals surface area contributed by atoms with Crippen LogP contribution in [0.15, 0.2) is 65.7 Å². The molecule has 1 heterocycles. The first-order chi connectivity index (χ1) is 14.3. The number of halogens is 1. The third kappa shape index (κ3) is 4.89. The normalized spacial score (nSPS) is 11.6. The summed E-state index contributed by atoms with van der Waals surface area (Å²) in [5, 5.41) is 7.18. The molecule has 1 amide bonds. The van der Waals surface area contributed by atoms with Crippen molar-refractivity contribution in [3.05, 3.63) is 76.9 Å². The first kappa shape index (κ1) is 22.0. The number of benzene rings is 2. The van der Waals surface area contributed by atoms with Crippen LogP contribution in [0.4, 0.5) is 5.82 Å². The second kappa shape index (κ2) is 9.42. The Morgan fingerprint density at radius 2 is 1.80 bits per heavy atom. The van der Waals surface area contributed by atoms with Gasteiger partial charge in [-0.1, -0.05) is 55.8 Å². The van der Waals surface area contributed by atoms with Crippen LogP contribution in [0, 0.1) is 0 Å². The highest BCUT2D eigenvalue weighted by Crippen LogP contribution is 2.24. The van der Waals surface area contributed by atoms with E-state index in [9.17, 15) is 13.2 Å². The van der Waals surface area contributed by atoms with Crippen LogP contribution < -0.4 is 5.32 Å². The van der Waals surface area contributed by atoms with Crippen molar-refractivity contribution in [3.8, 4) is 0 Å². The van der Waals surface area contributed by atoms with Crippen LogP contribution in [-0.2, 0) is 16.6 Å². The van der Waals surface area contributed by atoms with Gasteiger partial charge in [0.25, 0.3) is 5.91 Å². The molecule has 158 valence electrons. The smallest absolute Gasteiger partial charge is 0.258 e. The summed E-state index contributed by atoms with van der Waals surface area (Å²) in [6, 6.07) is 15.6. The van der Waals surface area contributed by atoms with Gasteiger partial charge in [-0.2, -0.15) is 9.40 Å². The molecule has 0 spiro atoms. The van der Waals surface area contributed by atoms with Crippen molar-refractivity contribution in [3.63, 3.8) is 0 Å². The van der Waals surface area contributed by atoms with Crippen molar-refractivity contribution < 1.29 is 13.2 Å². The lowest BCUT2D eigenvalue weighted by Gasteiger charge is -2.19. The molecule has 7 nitrogen and oxygen atoms in total. The molecule has 0 saturated heterocycles. The van der Waals surface area contributed by atoms with Gasteiger partial charge in [0.15, 0.2) is 5.82 Å². The van der Waals surface area contributed by atoms with Crippen molar-refractivity contribution in [2.45, 2.75) is 25.3 Å². The van der Waals surface area contributed by atoms with E-state index in [1.165, 1.54) is 22.5 Å². The molecular formula is C21H23ClN4O3S. The van der Waals surface area contributed by atoms with Gasteiger partial charge < -0.3 is 5.32 Å². The summed E-state index contributed by atoms with van der Waals surface area (Å²) in [4.78, 5) is 12.8. The van der Waals surface area contributed by atoms with E-state index in [2.05, 4.69) is 10.4 Å². The van der Waals surface area contributed by atoms with Crippen LogP contribution in [0.2, 0.25) is 5.02 Å². The predicted octanol–water partition coefficient (Wildman–Crippen LogP) is 3.87. The second-order valence-corrected chi connectivity index (χ2v) is 8.91. The van der Waals surface area contributed by atoms with Crippen LogP contribution in [-0.4, -0.2) is 41.5 Å². The van der Waals surface area contributed by atoms with Crippen LogP contribution in [0.25, 0.3) is 0 Å². The minimum atomic E-state index is -3.70. The maximum absolute atomic E-state index is 12.8. The number of aromatic nitrogens is 2. The average molecular weight is 447 g/mol. The largest absolute Gasteiger partial charge is 0.305 e. The zero-order valence-electron chi connectivity index (χ0n) is 16.7. The highest BCUT2D eigenvalue weighted by Gasteiger charge is 2.24. The Morgan fingerprint density at radius 3 is 2.47 bits per heavy atom. The highest BCUT2D eigenvalue weighted by molar-refractivity contribution is 7.89. The number of hydrogen-bond acceptors (Lipinski definition) is 4. The molecule has 0 saturated carbocycles. The maximum atomic E-state index is 12.8. The first-order valence-corrected chi connectivity index (χ1v) is 11.4. The molecule has 30 heavy (non-hydrogen) atoms. The highest BCUT2D eigenvalue weighted by atomic mass is 35.5. The van der Waals surface area contributed by atoms with E-state index in [0.29, 0.717) is 25.5 Å². The van der Waals surface area contributed by atoms with Crippen molar-refractivity contribution in [2.24, 2.45) is 0 Å². The molecule has 1 aromatic heterocycles. The Bertz CT molecular complexity index is 1130. The van der Waals surface area contributed by atoms with E-state index >= 15 is 0 Å². The minimum Gasteiger partial charge on any atom is -0.305 e. The van der Waals surface area contributed by atoms with Crippen LogP contribution >= 0.6 is 11.6 Å². The van der Waals surface area contributed by atoms with Gasteiger partial charge in [0.05, 0.1) is 22.0 Å². The lowest BCUT2D eigenvalue weighted by atomic mass is 10.2. The van der Waals surface area contributed by atoms with Crippen LogP contribution in [0.5, 0.6) is 0 Å². The number of anilines is 1. The third-order valence-corrected chi connectivity index (χ3v) is 6.97. The molecule has 1 N–H and O–H groups in total. The second-order valence-electron chi connectivity index (χ2n) is 6.57. The standard InChI is InChI=1S/C21H23ClN4O3S/c1-3-26(4-2)30(28,29)17-10-11-19(22)18(14-17)21(27)23-20-12-13-25(24-20)15-16-8-6-5-7-9-16/h5-14H,3-4,15H2,1-2H3,(H,23,24,27). The van der Waals surface area contributed by atoms with Gasteiger partial charge in [-0.05, 0) is 23.8 Å². The lowest BCUT2D eigenvalue weighted by Crippen LogP contribution is -2.30. The monoisotopic (exact) mass is 446 g/mol. The van der Waals surface area contributed by atoms with Crippen molar-refractivity contribution in [1.29, 1.82) is 0 Å². The maximum Gasteiger partial charge on any atom is 0.258 e. The molecule has 3 aromatic rings. The molecule has 0 atom stereocenters. The summed E-state index contributed by atoms with van der Waals surface area (Å²) in [6.45, 7) is 4.76. The van der Waals surface area contributed by atoms with E-state index in [-0.39, 0.29) is 15.5 Å². The molecule has 9 heteroatoms. The van der Waals surface area contributed by atoms with Gasteiger partial charge in [-0.15, -0.1) is 0 Å². The Hall–Kier alpha value is -2.68. The quantitative estimate of drug-likeness (QED) is 0.569. The molecule has 0 aliphatic heterocycles. The first-order valence-electron chi connectivity index (χ1n) is 9.53.